The highest BCUT2D eigenvalue weighted by Gasteiger charge is 2.27. The molecule has 2 heterocycles. The largest absolute Gasteiger partial charge is 0.370 e. The Morgan fingerprint density at radius 3 is 2.75 bits per heavy atom. The molecule has 106 valence electrons. The van der Waals surface area contributed by atoms with Crippen LogP contribution < -0.4 is 16.6 Å². The molecule has 0 amide bonds. The van der Waals surface area contributed by atoms with Crippen LogP contribution in [0.15, 0.2) is 11.4 Å². The van der Waals surface area contributed by atoms with Crippen molar-refractivity contribution in [2.75, 3.05) is 17.3 Å². The number of hydrazine groups is 1. The van der Waals surface area contributed by atoms with E-state index in [1.165, 1.54) is 12.8 Å². The summed E-state index contributed by atoms with van der Waals surface area (Å²) in [7, 11) is 0. The topological polar surface area (TPSA) is 88.8 Å². The van der Waals surface area contributed by atoms with Gasteiger partial charge in [0.25, 0.3) is 0 Å². The van der Waals surface area contributed by atoms with Crippen molar-refractivity contribution in [2.24, 2.45) is 5.84 Å². The summed E-state index contributed by atoms with van der Waals surface area (Å²) >= 11 is 1.68. The van der Waals surface area contributed by atoms with Crippen LogP contribution >= 0.6 is 11.3 Å². The number of aryl methyl sites for hydroxylation is 1. The molecule has 2 aromatic heterocycles. The van der Waals surface area contributed by atoms with Crippen molar-refractivity contribution in [3.63, 3.8) is 0 Å². The normalized spacial score (nSPS) is 14.3. The van der Waals surface area contributed by atoms with Crippen LogP contribution in [0, 0.1) is 6.92 Å². The average Bonchev–Trinajstić information content (AvgIpc) is 3.22. The van der Waals surface area contributed by atoms with Crippen molar-refractivity contribution in [1.29, 1.82) is 0 Å². The zero-order valence-corrected chi connectivity index (χ0v) is 12.2. The molecule has 4 N–H and O–H groups in total. The number of aromatic nitrogens is 3. The summed E-state index contributed by atoms with van der Waals surface area (Å²) in [6.45, 7) is 2.82. The minimum absolute atomic E-state index is 0.505. The first-order valence-electron chi connectivity index (χ1n) is 6.75. The standard InChI is InChI=1S/C13H18N6S/c1-8-16-10(7-20-8)4-5-15-11-6-12(19-14)18-13(17-11)9-2-3-9/h6-7,9H,2-5,14H2,1H3,(H2,15,17,18,19). The van der Waals surface area contributed by atoms with Crippen molar-refractivity contribution in [3.8, 4) is 0 Å². The molecule has 2 aromatic rings. The van der Waals surface area contributed by atoms with E-state index >= 15 is 0 Å². The van der Waals surface area contributed by atoms with E-state index in [2.05, 4.69) is 31.1 Å². The summed E-state index contributed by atoms with van der Waals surface area (Å²) in [6, 6.07) is 1.83. The van der Waals surface area contributed by atoms with Crippen LogP contribution in [-0.2, 0) is 6.42 Å². The van der Waals surface area contributed by atoms with Crippen LogP contribution in [0.4, 0.5) is 11.6 Å². The Morgan fingerprint density at radius 1 is 1.30 bits per heavy atom. The van der Waals surface area contributed by atoms with E-state index in [0.29, 0.717) is 11.7 Å². The number of hydrogen-bond acceptors (Lipinski definition) is 7. The maximum Gasteiger partial charge on any atom is 0.145 e. The van der Waals surface area contributed by atoms with Crippen LogP contribution in [0.5, 0.6) is 0 Å². The summed E-state index contributed by atoms with van der Waals surface area (Å²) in [6.07, 6.45) is 3.23. The Morgan fingerprint density at radius 2 is 2.10 bits per heavy atom. The van der Waals surface area contributed by atoms with Gasteiger partial charge in [0, 0.05) is 30.3 Å². The van der Waals surface area contributed by atoms with Gasteiger partial charge in [-0.15, -0.1) is 11.3 Å². The quantitative estimate of drug-likeness (QED) is 0.557. The van der Waals surface area contributed by atoms with Crippen molar-refractivity contribution in [1.82, 2.24) is 15.0 Å². The number of nitrogens with two attached hydrogens (primary N) is 1. The molecule has 0 bridgehead atoms. The lowest BCUT2D eigenvalue weighted by Gasteiger charge is -2.08. The van der Waals surface area contributed by atoms with E-state index in [9.17, 15) is 0 Å². The third-order valence-electron chi connectivity index (χ3n) is 3.19. The molecule has 1 aliphatic rings. The average molecular weight is 290 g/mol. The van der Waals surface area contributed by atoms with Gasteiger partial charge in [0.2, 0.25) is 0 Å². The molecule has 1 fully saturated rings. The third-order valence-corrected chi connectivity index (χ3v) is 4.01. The van der Waals surface area contributed by atoms with Gasteiger partial charge < -0.3 is 10.7 Å². The van der Waals surface area contributed by atoms with E-state index in [1.54, 1.807) is 11.3 Å². The summed E-state index contributed by atoms with van der Waals surface area (Å²) in [5, 5.41) is 6.52. The van der Waals surface area contributed by atoms with Gasteiger partial charge in [0.15, 0.2) is 0 Å². The number of nitrogens with zero attached hydrogens (tertiary/aromatic N) is 3. The zero-order chi connectivity index (χ0) is 13.9. The van der Waals surface area contributed by atoms with E-state index in [4.69, 9.17) is 5.84 Å². The van der Waals surface area contributed by atoms with Gasteiger partial charge in [-0.05, 0) is 19.8 Å². The molecule has 0 aliphatic heterocycles. The fraction of sp³-hybridized carbons (Fsp3) is 0.462. The number of nitrogens with one attached hydrogen (secondary N) is 2. The first-order valence-corrected chi connectivity index (χ1v) is 7.63. The Kier molecular flexibility index (Phi) is 3.79. The lowest BCUT2D eigenvalue weighted by atomic mass is 10.3. The molecule has 3 rings (SSSR count). The van der Waals surface area contributed by atoms with E-state index in [0.717, 1.165) is 35.3 Å². The van der Waals surface area contributed by atoms with Crippen molar-refractivity contribution in [2.45, 2.75) is 32.1 Å². The maximum absolute atomic E-state index is 5.45. The molecule has 0 saturated heterocycles. The second kappa shape index (κ2) is 5.72. The Bertz CT molecular complexity index is 592. The minimum Gasteiger partial charge on any atom is -0.370 e. The van der Waals surface area contributed by atoms with Crippen molar-refractivity contribution in [3.05, 3.63) is 28.0 Å². The van der Waals surface area contributed by atoms with Gasteiger partial charge in [-0.25, -0.2) is 20.8 Å². The summed E-state index contributed by atoms with van der Waals surface area (Å²) in [4.78, 5) is 13.4. The molecule has 20 heavy (non-hydrogen) atoms. The molecule has 7 heteroatoms. The molecule has 1 aliphatic carbocycles. The maximum atomic E-state index is 5.45. The van der Waals surface area contributed by atoms with Gasteiger partial charge in [0.05, 0.1) is 10.7 Å². The van der Waals surface area contributed by atoms with Gasteiger partial charge >= 0.3 is 0 Å². The molecule has 0 unspecified atom stereocenters. The Balaban J connectivity index is 1.62. The van der Waals surface area contributed by atoms with Gasteiger partial charge in [-0.2, -0.15) is 0 Å². The minimum atomic E-state index is 0.505. The smallest absolute Gasteiger partial charge is 0.145 e. The van der Waals surface area contributed by atoms with E-state index in [1.807, 2.05) is 13.0 Å². The second-order valence-electron chi connectivity index (χ2n) is 4.95. The van der Waals surface area contributed by atoms with E-state index in [-0.39, 0.29) is 0 Å². The lowest BCUT2D eigenvalue weighted by Crippen LogP contribution is -2.13. The fourth-order valence-corrected chi connectivity index (χ4v) is 2.64. The third kappa shape index (κ3) is 3.23. The number of anilines is 2. The monoisotopic (exact) mass is 290 g/mol. The SMILES string of the molecule is Cc1nc(CCNc2cc(NN)nc(C3CC3)n2)cs1. The number of hydrogen-bond donors (Lipinski definition) is 3. The summed E-state index contributed by atoms with van der Waals surface area (Å²) < 4.78 is 0. The van der Waals surface area contributed by atoms with Crippen LogP contribution in [0.2, 0.25) is 0 Å². The number of rotatable bonds is 6. The van der Waals surface area contributed by atoms with Crippen molar-refractivity contribution < 1.29 is 0 Å². The van der Waals surface area contributed by atoms with Crippen LogP contribution in [0.25, 0.3) is 0 Å². The van der Waals surface area contributed by atoms with Crippen molar-refractivity contribution >= 4 is 23.0 Å². The molecule has 0 spiro atoms. The predicted molar refractivity (Wildman–Crippen MR) is 80.9 cm³/mol. The predicted octanol–water partition coefficient (Wildman–Crippen LogP) is 2.06. The fourth-order valence-electron chi connectivity index (χ4n) is 2.00. The lowest BCUT2D eigenvalue weighted by molar-refractivity contribution is 0.908. The van der Waals surface area contributed by atoms with Gasteiger partial charge in [-0.3, -0.25) is 0 Å². The summed E-state index contributed by atoms with van der Waals surface area (Å²) in [5.74, 6) is 8.32. The molecule has 0 aromatic carbocycles. The first-order chi connectivity index (χ1) is 9.74. The highest BCUT2D eigenvalue weighted by Crippen LogP contribution is 2.38. The molecule has 1 saturated carbocycles. The number of thiazole rings is 1. The highest BCUT2D eigenvalue weighted by atomic mass is 32.1. The van der Waals surface area contributed by atoms with Crippen LogP contribution in [0.1, 0.15) is 35.3 Å². The van der Waals surface area contributed by atoms with Crippen LogP contribution in [-0.4, -0.2) is 21.5 Å². The molecular weight excluding hydrogens is 272 g/mol. The van der Waals surface area contributed by atoms with Crippen LogP contribution in [0.3, 0.4) is 0 Å². The zero-order valence-electron chi connectivity index (χ0n) is 11.4. The molecule has 0 radical (unpaired) electrons. The first kappa shape index (κ1) is 13.3. The summed E-state index contributed by atoms with van der Waals surface area (Å²) in [5.41, 5.74) is 3.72. The van der Waals surface area contributed by atoms with Gasteiger partial charge in [-0.1, -0.05) is 0 Å². The molecule has 0 atom stereocenters. The Hall–Kier alpha value is -1.73. The van der Waals surface area contributed by atoms with E-state index < -0.39 is 0 Å². The highest BCUT2D eigenvalue weighted by molar-refractivity contribution is 7.09. The Labute approximate surface area is 121 Å². The second-order valence-corrected chi connectivity index (χ2v) is 6.01. The number of nitrogen functional groups attached to an aromatic ring is 1. The molecular formula is C13H18N6S. The molecule has 6 nitrogen and oxygen atoms in total. The van der Waals surface area contributed by atoms with Gasteiger partial charge in [0.1, 0.15) is 17.5 Å².